The lowest BCUT2D eigenvalue weighted by Crippen LogP contribution is -2.23. The van der Waals surface area contributed by atoms with Crippen molar-refractivity contribution < 1.29 is 9.13 Å². The zero-order valence-electron chi connectivity index (χ0n) is 15.8. The molecule has 2 aromatic heterocycles. The van der Waals surface area contributed by atoms with Gasteiger partial charge in [-0.2, -0.15) is 9.36 Å². The Hall–Kier alpha value is -3.20. The van der Waals surface area contributed by atoms with Crippen LogP contribution in [-0.4, -0.2) is 29.6 Å². The standard InChI is InChI=1S/C19H18ClFN6O2/c1-12-4-3-5-17(27-19(28)25(2)23-24-27)14(12)11-29-18-8-9-26(22-18)13-6-7-15(20)16(21)10-13/h3-5,7-10,13H,6,11H2,1-2H3. The number of hydrogen-bond acceptors (Lipinski definition) is 5. The maximum atomic E-state index is 13.7. The summed E-state index contributed by atoms with van der Waals surface area (Å²) in [6.07, 6.45) is 5.33. The molecule has 1 unspecified atom stereocenters. The molecule has 10 heteroatoms. The van der Waals surface area contributed by atoms with Crippen molar-refractivity contribution in [3.63, 3.8) is 0 Å². The predicted octanol–water partition coefficient (Wildman–Crippen LogP) is 2.97. The summed E-state index contributed by atoms with van der Waals surface area (Å²) < 4.78 is 23.6. The second-order valence-corrected chi connectivity index (χ2v) is 7.07. The number of aromatic nitrogens is 6. The normalized spacial score (nSPS) is 16.5. The monoisotopic (exact) mass is 416 g/mol. The summed E-state index contributed by atoms with van der Waals surface area (Å²) in [4.78, 5) is 12.2. The summed E-state index contributed by atoms with van der Waals surface area (Å²) in [5, 5.41) is 12.2. The third kappa shape index (κ3) is 3.73. The van der Waals surface area contributed by atoms with Gasteiger partial charge in [-0.25, -0.2) is 9.18 Å². The van der Waals surface area contributed by atoms with E-state index in [-0.39, 0.29) is 23.4 Å². The van der Waals surface area contributed by atoms with E-state index in [9.17, 15) is 9.18 Å². The Morgan fingerprint density at radius 2 is 2.14 bits per heavy atom. The summed E-state index contributed by atoms with van der Waals surface area (Å²) in [5.41, 5.74) is 1.98. The van der Waals surface area contributed by atoms with Gasteiger partial charge in [0.05, 0.1) is 16.8 Å². The maximum absolute atomic E-state index is 13.7. The third-order valence-corrected chi connectivity index (χ3v) is 5.06. The van der Waals surface area contributed by atoms with Crippen LogP contribution in [0.5, 0.6) is 5.88 Å². The van der Waals surface area contributed by atoms with E-state index in [4.69, 9.17) is 16.3 Å². The Labute approximate surface area is 170 Å². The van der Waals surface area contributed by atoms with Crippen LogP contribution >= 0.6 is 11.6 Å². The van der Waals surface area contributed by atoms with E-state index in [2.05, 4.69) is 15.5 Å². The maximum Gasteiger partial charge on any atom is 0.368 e. The van der Waals surface area contributed by atoms with E-state index in [1.54, 1.807) is 29.1 Å². The molecule has 0 aliphatic heterocycles. The molecule has 0 N–H and O–H groups in total. The van der Waals surface area contributed by atoms with Gasteiger partial charge in [0.15, 0.2) is 0 Å². The molecule has 1 atom stereocenters. The molecule has 1 aliphatic carbocycles. The van der Waals surface area contributed by atoms with Gasteiger partial charge in [-0.3, -0.25) is 4.68 Å². The van der Waals surface area contributed by atoms with E-state index >= 15 is 0 Å². The number of halogens is 2. The molecular formula is C19H18ClFN6O2. The smallest absolute Gasteiger partial charge is 0.368 e. The number of aryl methyl sites for hydroxylation is 2. The van der Waals surface area contributed by atoms with Crippen molar-refractivity contribution in [3.8, 4) is 11.6 Å². The molecule has 2 heterocycles. The SMILES string of the molecule is Cc1cccc(-n2nnn(C)c2=O)c1COc1ccn(C2C=C(F)C(Cl)=CC2)n1. The van der Waals surface area contributed by atoms with Crippen LogP contribution in [-0.2, 0) is 13.7 Å². The van der Waals surface area contributed by atoms with Crippen LogP contribution in [0.4, 0.5) is 4.39 Å². The van der Waals surface area contributed by atoms with Crippen molar-refractivity contribution in [3.05, 3.63) is 75.1 Å². The van der Waals surface area contributed by atoms with E-state index < -0.39 is 5.83 Å². The van der Waals surface area contributed by atoms with Gasteiger partial charge >= 0.3 is 5.69 Å². The molecule has 0 saturated heterocycles. The number of ether oxygens (including phenoxy) is 1. The highest BCUT2D eigenvalue weighted by Gasteiger charge is 2.18. The highest BCUT2D eigenvalue weighted by molar-refractivity contribution is 6.31. The van der Waals surface area contributed by atoms with Crippen LogP contribution in [0.2, 0.25) is 0 Å². The predicted molar refractivity (Wildman–Crippen MR) is 105 cm³/mol. The number of rotatable bonds is 5. The fraction of sp³-hybridized carbons (Fsp3) is 0.263. The van der Waals surface area contributed by atoms with Crippen molar-refractivity contribution >= 4 is 11.6 Å². The molecule has 0 spiro atoms. The Kier molecular flexibility index (Phi) is 5.06. The van der Waals surface area contributed by atoms with Crippen LogP contribution in [0, 0.1) is 6.92 Å². The van der Waals surface area contributed by atoms with E-state index in [0.717, 1.165) is 15.8 Å². The molecule has 0 radical (unpaired) electrons. The quantitative estimate of drug-likeness (QED) is 0.638. The molecule has 1 aromatic carbocycles. The van der Waals surface area contributed by atoms with E-state index in [0.29, 0.717) is 18.0 Å². The minimum Gasteiger partial charge on any atom is -0.472 e. The largest absolute Gasteiger partial charge is 0.472 e. The van der Waals surface area contributed by atoms with Crippen LogP contribution in [0.15, 0.2) is 58.3 Å². The van der Waals surface area contributed by atoms with Gasteiger partial charge in [-0.1, -0.05) is 29.8 Å². The average molecular weight is 417 g/mol. The van der Waals surface area contributed by atoms with Gasteiger partial charge in [0.2, 0.25) is 5.88 Å². The van der Waals surface area contributed by atoms with Crippen molar-refractivity contribution in [1.29, 1.82) is 0 Å². The van der Waals surface area contributed by atoms with Gasteiger partial charge in [-0.15, -0.1) is 5.10 Å². The van der Waals surface area contributed by atoms with E-state index in [1.165, 1.54) is 17.8 Å². The summed E-state index contributed by atoms with van der Waals surface area (Å²) in [6, 6.07) is 6.99. The molecule has 0 bridgehead atoms. The molecule has 4 rings (SSSR count). The lowest BCUT2D eigenvalue weighted by molar-refractivity contribution is 0.286. The molecule has 0 saturated carbocycles. The highest BCUT2D eigenvalue weighted by atomic mass is 35.5. The van der Waals surface area contributed by atoms with Crippen molar-refractivity contribution in [1.82, 2.24) is 29.6 Å². The molecule has 8 nitrogen and oxygen atoms in total. The van der Waals surface area contributed by atoms with E-state index in [1.807, 2.05) is 19.1 Å². The lowest BCUT2D eigenvalue weighted by Gasteiger charge is -2.15. The fourth-order valence-corrected chi connectivity index (χ4v) is 3.24. The zero-order valence-corrected chi connectivity index (χ0v) is 16.5. The molecule has 0 fully saturated rings. The first-order valence-electron chi connectivity index (χ1n) is 8.93. The van der Waals surface area contributed by atoms with Gasteiger partial charge in [0.1, 0.15) is 12.4 Å². The third-order valence-electron chi connectivity index (χ3n) is 4.73. The molecule has 150 valence electrons. The fourth-order valence-electron chi connectivity index (χ4n) is 3.09. The molecule has 29 heavy (non-hydrogen) atoms. The van der Waals surface area contributed by atoms with Crippen molar-refractivity contribution in [2.75, 3.05) is 0 Å². The minimum atomic E-state index is -0.458. The van der Waals surface area contributed by atoms with Crippen molar-refractivity contribution in [2.24, 2.45) is 7.05 Å². The summed E-state index contributed by atoms with van der Waals surface area (Å²) in [5.74, 6) is -0.0694. The number of hydrogen-bond donors (Lipinski definition) is 0. The first-order valence-corrected chi connectivity index (χ1v) is 9.31. The van der Waals surface area contributed by atoms with Gasteiger partial charge in [-0.05, 0) is 41.5 Å². The molecule has 0 amide bonds. The molecule has 3 aromatic rings. The summed E-state index contributed by atoms with van der Waals surface area (Å²) in [7, 11) is 1.54. The average Bonchev–Trinajstić information content (AvgIpc) is 3.30. The van der Waals surface area contributed by atoms with Gasteiger partial charge < -0.3 is 4.74 Å². The van der Waals surface area contributed by atoms with Gasteiger partial charge in [0, 0.05) is 24.9 Å². The number of benzene rings is 1. The second kappa shape index (κ2) is 7.67. The summed E-state index contributed by atoms with van der Waals surface area (Å²) >= 11 is 5.76. The Bertz CT molecular complexity index is 1180. The lowest BCUT2D eigenvalue weighted by atomic mass is 10.1. The van der Waals surface area contributed by atoms with Crippen molar-refractivity contribution in [2.45, 2.75) is 26.0 Å². The summed E-state index contributed by atoms with van der Waals surface area (Å²) in [6.45, 7) is 2.11. The zero-order chi connectivity index (χ0) is 20.5. The Morgan fingerprint density at radius 3 is 2.86 bits per heavy atom. The Morgan fingerprint density at radius 1 is 1.31 bits per heavy atom. The van der Waals surface area contributed by atoms with Crippen LogP contribution < -0.4 is 10.4 Å². The first-order chi connectivity index (χ1) is 13.9. The molecular weight excluding hydrogens is 399 g/mol. The highest BCUT2D eigenvalue weighted by Crippen LogP contribution is 2.29. The number of nitrogens with zero attached hydrogens (tertiary/aromatic N) is 6. The van der Waals surface area contributed by atoms with Crippen LogP contribution in [0.3, 0.4) is 0 Å². The second-order valence-electron chi connectivity index (χ2n) is 6.66. The first kappa shape index (κ1) is 19.1. The van der Waals surface area contributed by atoms with Gasteiger partial charge in [0.25, 0.3) is 0 Å². The number of tetrazole rings is 1. The number of allylic oxidation sites excluding steroid dienone is 4. The molecule has 1 aliphatic rings. The van der Waals surface area contributed by atoms with Crippen LogP contribution in [0.25, 0.3) is 5.69 Å². The Balaban J connectivity index is 1.54. The van der Waals surface area contributed by atoms with Crippen LogP contribution in [0.1, 0.15) is 23.6 Å². The minimum absolute atomic E-state index is 0.121. The topological polar surface area (TPSA) is 79.8 Å².